The van der Waals surface area contributed by atoms with Gasteiger partial charge in [-0.1, -0.05) is 0 Å². The van der Waals surface area contributed by atoms with Gasteiger partial charge in [0.2, 0.25) is 0 Å². The summed E-state index contributed by atoms with van der Waals surface area (Å²) in [6.07, 6.45) is 0. The SMILES string of the molecule is c1ccc2c(c1)-c1ccccc1[CH]2[Ba][CH]1c2ccccc2-c2ccccc21. The Labute approximate surface area is 184 Å². The van der Waals surface area contributed by atoms with Gasteiger partial charge in [-0.25, -0.2) is 0 Å². The second kappa shape index (κ2) is 6.51. The van der Waals surface area contributed by atoms with Crippen molar-refractivity contribution in [1.29, 1.82) is 0 Å². The Morgan fingerprint density at radius 3 is 0.926 bits per heavy atom. The molecule has 0 saturated carbocycles. The molecule has 6 rings (SSSR count). The molecule has 0 heterocycles. The van der Waals surface area contributed by atoms with Crippen LogP contribution in [0.1, 0.15) is 23.0 Å². The van der Waals surface area contributed by atoms with Crippen LogP contribution in [-0.4, -0.2) is 44.2 Å². The average Bonchev–Trinajstić information content (AvgIpc) is 3.23. The molecule has 0 bridgehead atoms. The molecule has 0 nitrogen and oxygen atoms in total. The quantitative estimate of drug-likeness (QED) is 0.307. The van der Waals surface area contributed by atoms with Crippen molar-refractivity contribution in [2.75, 3.05) is 0 Å². The third kappa shape index (κ3) is 2.48. The zero-order valence-electron chi connectivity index (χ0n) is 15.1. The van der Waals surface area contributed by atoms with E-state index in [-0.39, 0.29) is 0 Å². The Morgan fingerprint density at radius 2 is 0.630 bits per heavy atom. The molecule has 0 unspecified atom stereocenters. The van der Waals surface area contributed by atoms with Crippen LogP contribution in [0.15, 0.2) is 97.1 Å². The third-order valence-electron chi connectivity index (χ3n) is 6.40. The van der Waals surface area contributed by atoms with Crippen molar-refractivity contribution in [3.8, 4) is 22.3 Å². The summed E-state index contributed by atoms with van der Waals surface area (Å²) in [5.41, 5.74) is 12.2. The number of rotatable bonds is 2. The first-order valence-corrected chi connectivity index (χ1v) is 14.9. The molecule has 4 aromatic carbocycles. The summed E-state index contributed by atoms with van der Waals surface area (Å²) in [6.45, 7) is 0. The van der Waals surface area contributed by atoms with Crippen LogP contribution in [0.5, 0.6) is 0 Å². The first-order valence-electron chi connectivity index (χ1n) is 9.78. The summed E-state index contributed by atoms with van der Waals surface area (Å²) in [5.74, 6) is 0. The first-order chi connectivity index (χ1) is 13.4. The van der Waals surface area contributed by atoms with E-state index in [2.05, 4.69) is 97.1 Å². The second-order valence-electron chi connectivity index (χ2n) is 7.69. The summed E-state index contributed by atoms with van der Waals surface area (Å²) in [5, 5.41) is 0. The molecule has 0 atom stereocenters. The maximum absolute atomic E-state index is 2.38. The molecular formula is C26H18Ba. The van der Waals surface area contributed by atoms with Gasteiger partial charge in [0.15, 0.2) is 0 Å². The van der Waals surface area contributed by atoms with E-state index in [0.717, 1.165) is 0 Å². The summed E-state index contributed by atoms with van der Waals surface area (Å²) in [4.78, 5) is 0. The zero-order chi connectivity index (χ0) is 17.8. The van der Waals surface area contributed by atoms with Crippen LogP contribution in [0.4, 0.5) is 0 Å². The van der Waals surface area contributed by atoms with Gasteiger partial charge in [0, 0.05) is 0 Å². The average molecular weight is 468 g/mol. The fourth-order valence-electron chi connectivity index (χ4n) is 5.26. The van der Waals surface area contributed by atoms with Gasteiger partial charge in [0.1, 0.15) is 0 Å². The monoisotopic (exact) mass is 468 g/mol. The topological polar surface area (TPSA) is 0 Å². The Morgan fingerprint density at radius 1 is 0.370 bits per heavy atom. The summed E-state index contributed by atoms with van der Waals surface area (Å²) >= 11 is -1.43. The molecule has 0 spiro atoms. The number of fused-ring (bicyclic) bond motifs is 6. The van der Waals surface area contributed by atoms with Gasteiger partial charge in [0.25, 0.3) is 0 Å². The molecule has 2 aliphatic rings. The van der Waals surface area contributed by atoms with Gasteiger partial charge >= 0.3 is 187 Å². The van der Waals surface area contributed by atoms with Crippen LogP contribution in [0, 0.1) is 0 Å². The molecule has 0 N–H and O–H groups in total. The summed E-state index contributed by atoms with van der Waals surface area (Å²) in [7, 11) is 0. The molecule has 0 saturated heterocycles. The van der Waals surface area contributed by atoms with Crippen molar-refractivity contribution in [2.24, 2.45) is 0 Å². The van der Waals surface area contributed by atoms with E-state index in [4.69, 9.17) is 0 Å². The minimum absolute atomic E-state index is 0.682. The van der Waals surface area contributed by atoms with E-state index in [1.54, 1.807) is 22.3 Å². The molecule has 0 aromatic heterocycles. The van der Waals surface area contributed by atoms with Crippen molar-refractivity contribution in [2.45, 2.75) is 0.772 Å². The first kappa shape index (κ1) is 16.4. The van der Waals surface area contributed by atoms with E-state index in [1.165, 1.54) is 22.3 Å². The van der Waals surface area contributed by atoms with Crippen LogP contribution in [0.25, 0.3) is 22.3 Å². The molecular weight excluding hydrogens is 450 g/mol. The molecule has 0 aliphatic heterocycles. The van der Waals surface area contributed by atoms with E-state index in [0.29, 0.717) is 0.772 Å². The normalized spacial score (nSPS) is 14.2. The van der Waals surface area contributed by atoms with Crippen molar-refractivity contribution < 1.29 is 0 Å². The van der Waals surface area contributed by atoms with Crippen LogP contribution in [0.3, 0.4) is 0 Å². The van der Waals surface area contributed by atoms with E-state index >= 15 is 0 Å². The Hall–Kier alpha value is -1.55. The number of benzene rings is 4. The molecule has 4 aromatic rings. The fraction of sp³-hybridized carbons (Fsp3) is 0.0769. The molecule has 0 amide bonds. The van der Waals surface area contributed by atoms with Crippen molar-refractivity contribution in [3.05, 3.63) is 119 Å². The second-order valence-corrected chi connectivity index (χ2v) is 14.3. The van der Waals surface area contributed by atoms with Crippen LogP contribution >= 0.6 is 0 Å². The van der Waals surface area contributed by atoms with E-state index < -0.39 is 44.2 Å². The number of hydrogen-bond acceptors (Lipinski definition) is 0. The zero-order valence-corrected chi connectivity index (χ0v) is 19.5. The molecule has 0 radical (unpaired) electrons. The van der Waals surface area contributed by atoms with Gasteiger partial charge < -0.3 is 0 Å². The summed E-state index contributed by atoms with van der Waals surface area (Å²) in [6, 6.07) is 36.5. The van der Waals surface area contributed by atoms with Crippen LogP contribution in [-0.2, 0) is 0 Å². The van der Waals surface area contributed by atoms with Crippen molar-refractivity contribution >= 4 is 44.2 Å². The van der Waals surface area contributed by atoms with Gasteiger partial charge in [-0.2, -0.15) is 0 Å². The third-order valence-corrected chi connectivity index (χ3v) is 14.9. The van der Waals surface area contributed by atoms with Crippen LogP contribution < -0.4 is 0 Å². The minimum atomic E-state index is -1.43. The summed E-state index contributed by atoms with van der Waals surface area (Å²) < 4.78 is 1.36. The molecule has 124 valence electrons. The van der Waals surface area contributed by atoms with Gasteiger partial charge in [-0.3, -0.25) is 0 Å². The van der Waals surface area contributed by atoms with Gasteiger partial charge in [-0.15, -0.1) is 0 Å². The molecule has 27 heavy (non-hydrogen) atoms. The van der Waals surface area contributed by atoms with Crippen molar-refractivity contribution in [3.63, 3.8) is 0 Å². The Bertz CT molecular complexity index is 990. The fourth-order valence-corrected chi connectivity index (χ4v) is 14.4. The Kier molecular flexibility index (Phi) is 3.96. The predicted octanol–water partition coefficient (Wildman–Crippen LogP) is 6.23. The van der Waals surface area contributed by atoms with E-state index in [9.17, 15) is 0 Å². The van der Waals surface area contributed by atoms with Crippen molar-refractivity contribution in [1.82, 2.24) is 0 Å². The standard InChI is InChI=1S/2C13H9.Ba/c2*1-3-7-12-10(5-1)9-11-6-2-4-8-13(11)12;/h2*1-9H;. The van der Waals surface area contributed by atoms with Gasteiger partial charge in [0.05, 0.1) is 0 Å². The molecule has 2 aliphatic carbocycles. The predicted molar refractivity (Wildman–Crippen MR) is 113 cm³/mol. The maximum atomic E-state index is 2.38. The number of hydrogen-bond donors (Lipinski definition) is 0. The molecule has 0 fully saturated rings. The molecule has 1 heteroatoms. The Balaban J connectivity index is 1.51. The van der Waals surface area contributed by atoms with Gasteiger partial charge in [-0.05, 0) is 0 Å². The van der Waals surface area contributed by atoms with Crippen LogP contribution in [0.2, 0.25) is 0 Å². The van der Waals surface area contributed by atoms with E-state index in [1.807, 2.05) is 0 Å².